The van der Waals surface area contributed by atoms with E-state index in [9.17, 15) is 4.79 Å². The summed E-state index contributed by atoms with van der Waals surface area (Å²) < 4.78 is 11.8. The van der Waals surface area contributed by atoms with Crippen molar-refractivity contribution in [3.63, 3.8) is 0 Å². The van der Waals surface area contributed by atoms with E-state index in [-0.39, 0.29) is 11.7 Å². The van der Waals surface area contributed by atoms with Gasteiger partial charge in [0.25, 0.3) is 0 Å². The van der Waals surface area contributed by atoms with Gasteiger partial charge in [-0.1, -0.05) is 15.9 Å². The molecule has 1 saturated carbocycles. The molecule has 1 fully saturated rings. The fourth-order valence-electron chi connectivity index (χ4n) is 1.89. The molecule has 0 saturated heterocycles. The summed E-state index contributed by atoms with van der Waals surface area (Å²) >= 11 is 3.45. The molecule has 0 N–H and O–H groups in total. The molecule has 2 aromatic rings. The fraction of sp³-hybridized carbons (Fsp3) is 0.308. The molecule has 0 atom stereocenters. The third-order valence-corrected chi connectivity index (χ3v) is 3.70. The van der Waals surface area contributed by atoms with Gasteiger partial charge in [-0.25, -0.2) is 0 Å². The Morgan fingerprint density at radius 1 is 1.47 bits per heavy atom. The van der Waals surface area contributed by atoms with Crippen LogP contribution in [0.5, 0.6) is 5.75 Å². The average Bonchev–Trinajstić information content (AvgIpc) is 3.08. The molecular weight excluding hydrogens is 284 g/mol. The van der Waals surface area contributed by atoms with Gasteiger partial charge in [-0.2, -0.15) is 0 Å². The number of methoxy groups -OCH3 is 1. The normalized spacial score (nSPS) is 15.2. The summed E-state index contributed by atoms with van der Waals surface area (Å²) in [6.45, 7) is 0. The zero-order chi connectivity index (χ0) is 12.0. The molecule has 1 aromatic carbocycles. The minimum Gasteiger partial charge on any atom is -0.493 e. The number of ether oxygens (including phenoxy) is 1. The highest BCUT2D eigenvalue weighted by atomic mass is 79.9. The molecule has 0 radical (unpaired) electrons. The van der Waals surface area contributed by atoms with Crippen LogP contribution in [0.15, 0.2) is 27.1 Å². The van der Waals surface area contributed by atoms with Crippen LogP contribution in [0.4, 0.5) is 0 Å². The number of carbonyl (C=O) groups is 1. The van der Waals surface area contributed by atoms with Crippen molar-refractivity contribution in [2.45, 2.75) is 12.8 Å². The summed E-state index contributed by atoms with van der Waals surface area (Å²) in [6.07, 6.45) is 1.96. The number of furan rings is 1. The molecule has 1 aromatic heterocycles. The molecule has 0 bridgehead atoms. The second-order valence-electron chi connectivity index (χ2n) is 4.24. The van der Waals surface area contributed by atoms with Gasteiger partial charge in [-0.05, 0) is 31.0 Å². The van der Waals surface area contributed by atoms with Crippen molar-refractivity contribution < 1.29 is 13.9 Å². The van der Waals surface area contributed by atoms with Crippen molar-refractivity contribution in [1.29, 1.82) is 0 Å². The SMILES string of the molecule is COc1ccc(Br)c2cc(C(=O)C3CC3)oc12. The molecule has 17 heavy (non-hydrogen) atoms. The van der Waals surface area contributed by atoms with Crippen molar-refractivity contribution in [1.82, 2.24) is 0 Å². The molecule has 88 valence electrons. The van der Waals surface area contributed by atoms with Crippen molar-refractivity contribution in [3.05, 3.63) is 28.4 Å². The first-order valence-corrected chi connectivity index (χ1v) is 6.30. The van der Waals surface area contributed by atoms with Gasteiger partial charge in [0.05, 0.1) is 7.11 Å². The van der Waals surface area contributed by atoms with Crippen LogP contribution < -0.4 is 4.74 Å². The number of fused-ring (bicyclic) bond motifs is 1. The number of hydrogen-bond acceptors (Lipinski definition) is 3. The predicted octanol–water partition coefficient (Wildman–Crippen LogP) is 3.80. The van der Waals surface area contributed by atoms with Crippen LogP contribution in [0.1, 0.15) is 23.4 Å². The van der Waals surface area contributed by atoms with Gasteiger partial charge in [0.15, 0.2) is 17.1 Å². The van der Waals surface area contributed by atoms with Gasteiger partial charge >= 0.3 is 0 Å². The van der Waals surface area contributed by atoms with E-state index in [0.717, 1.165) is 22.7 Å². The topological polar surface area (TPSA) is 39.4 Å². The monoisotopic (exact) mass is 294 g/mol. The van der Waals surface area contributed by atoms with E-state index in [1.165, 1.54) is 0 Å². The summed E-state index contributed by atoms with van der Waals surface area (Å²) in [4.78, 5) is 11.9. The summed E-state index contributed by atoms with van der Waals surface area (Å²) in [5.41, 5.74) is 0.630. The van der Waals surface area contributed by atoms with Crippen LogP contribution in [0, 0.1) is 5.92 Å². The van der Waals surface area contributed by atoms with Crippen molar-refractivity contribution >= 4 is 32.7 Å². The smallest absolute Gasteiger partial charge is 0.201 e. The molecule has 3 rings (SSSR count). The standard InChI is InChI=1S/C13H11BrO3/c1-16-10-5-4-9(14)8-6-11(17-13(8)10)12(15)7-2-3-7/h4-7H,2-3H2,1H3. The number of Topliss-reactive ketones (excluding diaryl/α,β-unsaturated/α-hetero) is 1. The van der Waals surface area contributed by atoms with Crippen molar-refractivity contribution in [2.75, 3.05) is 7.11 Å². The molecule has 1 aliphatic carbocycles. The van der Waals surface area contributed by atoms with Gasteiger partial charge in [0.1, 0.15) is 0 Å². The predicted molar refractivity (Wildman–Crippen MR) is 67.5 cm³/mol. The first kappa shape index (κ1) is 10.8. The van der Waals surface area contributed by atoms with Crippen LogP contribution in [-0.2, 0) is 0 Å². The van der Waals surface area contributed by atoms with Crippen molar-refractivity contribution in [2.24, 2.45) is 5.92 Å². The third kappa shape index (κ3) is 1.76. The number of ketones is 1. The first-order chi connectivity index (χ1) is 8.20. The van der Waals surface area contributed by atoms with Crippen LogP contribution in [0.3, 0.4) is 0 Å². The Morgan fingerprint density at radius 2 is 2.24 bits per heavy atom. The molecule has 0 aliphatic heterocycles. The van der Waals surface area contributed by atoms with Crippen LogP contribution >= 0.6 is 15.9 Å². The Hall–Kier alpha value is -1.29. The number of hydrogen-bond donors (Lipinski definition) is 0. The minimum atomic E-state index is 0.107. The largest absolute Gasteiger partial charge is 0.493 e. The van der Waals surface area contributed by atoms with E-state index in [2.05, 4.69) is 15.9 Å². The zero-order valence-electron chi connectivity index (χ0n) is 9.33. The molecule has 4 heteroatoms. The fourth-order valence-corrected chi connectivity index (χ4v) is 2.32. The second kappa shape index (κ2) is 3.88. The number of carbonyl (C=O) groups excluding carboxylic acids is 1. The molecule has 0 amide bonds. The second-order valence-corrected chi connectivity index (χ2v) is 5.10. The molecule has 0 unspecified atom stereocenters. The first-order valence-electron chi connectivity index (χ1n) is 5.51. The highest BCUT2D eigenvalue weighted by Gasteiger charge is 2.33. The van der Waals surface area contributed by atoms with Gasteiger partial charge in [0, 0.05) is 15.8 Å². The summed E-state index contributed by atoms with van der Waals surface area (Å²) in [6, 6.07) is 5.51. The lowest BCUT2D eigenvalue weighted by molar-refractivity contribution is 0.0942. The summed E-state index contributed by atoms with van der Waals surface area (Å²) in [5.74, 6) is 1.36. The Kier molecular flexibility index (Phi) is 2.47. The van der Waals surface area contributed by atoms with Gasteiger partial charge in [0.2, 0.25) is 5.78 Å². The lowest BCUT2D eigenvalue weighted by Crippen LogP contribution is -1.98. The van der Waals surface area contributed by atoms with Gasteiger partial charge in [-0.3, -0.25) is 4.79 Å². The number of halogens is 1. The van der Waals surface area contributed by atoms with E-state index in [0.29, 0.717) is 17.1 Å². The molecule has 1 aliphatic rings. The Labute approximate surface area is 107 Å². The van der Waals surface area contributed by atoms with Crippen LogP contribution in [0.25, 0.3) is 11.0 Å². The number of rotatable bonds is 3. The lowest BCUT2D eigenvalue weighted by Gasteiger charge is -2.00. The average molecular weight is 295 g/mol. The number of benzene rings is 1. The molecule has 3 nitrogen and oxygen atoms in total. The minimum absolute atomic E-state index is 0.107. The summed E-state index contributed by atoms with van der Waals surface area (Å²) in [5, 5.41) is 0.883. The Morgan fingerprint density at radius 3 is 2.88 bits per heavy atom. The van der Waals surface area contributed by atoms with Gasteiger partial charge < -0.3 is 9.15 Å². The maximum atomic E-state index is 11.9. The van der Waals surface area contributed by atoms with Crippen LogP contribution in [0.2, 0.25) is 0 Å². The maximum Gasteiger partial charge on any atom is 0.201 e. The van der Waals surface area contributed by atoms with Gasteiger partial charge in [-0.15, -0.1) is 0 Å². The van der Waals surface area contributed by atoms with E-state index in [1.54, 1.807) is 13.2 Å². The third-order valence-electron chi connectivity index (χ3n) is 3.01. The Balaban J connectivity index is 2.16. The summed E-state index contributed by atoms with van der Waals surface area (Å²) in [7, 11) is 1.59. The zero-order valence-corrected chi connectivity index (χ0v) is 10.9. The highest BCUT2D eigenvalue weighted by Crippen LogP contribution is 2.38. The quantitative estimate of drug-likeness (QED) is 0.809. The van der Waals surface area contributed by atoms with E-state index < -0.39 is 0 Å². The maximum absolute atomic E-state index is 11.9. The van der Waals surface area contributed by atoms with E-state index in [4.69, 9.17) is 9.15 Å². The molecule has 1 heterocycles. The molecular formula is C13H11BrO3. The highest BCUT2D eigenvalue weighted by molar-refractivity contribution is 9.10. The molecule has 0 spiro atoms. The lowest BCUT2D eigenvalue weighted by atomic mass is 10.2. The van der Waals surface area contributed by atoms with Crippen LogP contribution in [-0.4, -0.2) is 12.9 Å². The van der Waals surface area contributed by atoms with E-state index in [1.807, 2.05) is 12.1 Å². The van der Waals surface area contributed by atoms with E-state index >= 15 is 0 Å². The van der Waals surface area contributed by atoms with Crippen molar-refractivity contribution in [3.8, 4) is 5.75 Å². The Bertz CT molecular complexity index is 596.